The summed E-state index contributed by atoms with van der Waals surface area (Å²) >= 11 is 0. The number of pyridine rings is 1. The average Bonchev–Trinajstić information content (AvgIpc) is 2.29. The summed E-state index contributed by atoms with van der Waals surface area (Å²) in [7, 11) is 0. The van der Waals surface area contributed by atoms with E-state index in [-0.39, 0.29) is 5.43 Å². The number of nitrogens with zero attached hydrogens (tertiary/aromatic N) is 2. The van der Waals surface area contributed by atoms with Crippen molar-refractivity contribution in [3.05, 3.63) is 27.5 Å². The zero-order valence-corrected chi connectivity index (χ0v) is 11.0. The van der Waals surface area contributed by atoms with Gasteiger partial charge in [-0.05, 0) is 34.6 Å². The van der Waals surface area contributed by atoms with Crippen LogP contribution in [0.4, 0.5) is 5.82 Å². The molecule has 1 aromatic rings. The van der Waals surface area contributed by atoms with Crippen molar-refractivity contribution in [2.75, 3.05) is 18.0 Å². The summed E-state index contributed by atoms with van der Waals surface area (Å²) in [4.78, 5) is 14.2. The van der Waals surface area contributed by atoms with Crippen LogP contribution in [-0.2, 0) is 6.54 Å². The summed E-state index contributed by atoms with van der Waals surface area (Å²) in [5.74, 6) is 1.07. The van der Waals surface area contributed by atoms with Gasteiger partial charge < -0.3 is 9.47 Å². The van der Waals surface area contributed by atoms with Gasteiger partial charge in [0, 0.05) is 37.0 Å². The molecule has 0 radical (unpaired) electrons. The lowest BCUT2D eigenvalue weighted by Gasteiger charge is -2.27. The van der Waals surface area contributed by atoms with Crippen LogP contribution in [0.1, 0.15) is 31.9 Å². The van der Waals surface area contributed by atoms with Crippen LogP contribution in [0.25, 0.3) is 0 Å². The third-order valence-corrected chi connectivity index (χ3v) is 3.06. The Balaban J connectivity index is 3.46. The molecule has 1 rings (SSSR count). The number of anilines is 1. The Hall–Kier alpha value is -1.25. The number of hydrogen-bond donors (Lipinski definition) is 0. The van der Waals surface area contributed by atoms with Crippen molar-refractivity contribution in [2.24, 2.45) is 0 Å². The second kappa shape index (κ2) is 5.19. The Morgan fingerprint density at radius 2 is 1.75 bits per heavy atom. The van der Waals surface area contributed by atoms with Gasteiger partial charge in [-0.25, -0.2) is 0 Å². The van der Waals surface area contributed by atoms with E-state index in [0.717, 1.165) is 36.6 Å². The molecule has 0 aliphatic heterocycles. The molecular formula is C13H22N2O. The Kier molecular flexibility index (Phi) is 4.16. The van der Waals surface area contributed by atoms with E-state index in [4.69, 9.17) is 0 Å². The van der Waals surface area contributed by atoms with E-state index in [1.54, 1.807) is 0 Å². The van der Waals surface area contributed by atoms with Gasteiger partial charge in [0.15, 0.2) is 5.43 Å². The van der Waals surface area contributed by atoms with E-state index in [2.05, 4.69) is 30.2 Å². The van der Waals surface area contributed by atoms with Crippen molar-refractivity contribution in [2.45, 2.75) is 41.2 Å². The smallest absolute Gasteiger partial charge is 0.189 e. The van der Waals surface area contributed by atoms with Gasteiger partial charge in [0.1, 0.15) is 5.82 Å². The van der Waals surface area contributed by atoms with Gasteiger partial charge in [0.2, 0.25) is 0 Å². The number of aromatic nitrogens is 1. The normalized spacial score (nSPS) is 10.6. The minimum Gasteiger partial charge on any atom is -0.358 e. The molecule has 0 N–H and O–H groups in total. The molecule has 3 heteroatoms. The summed E-state index contributed by atoms with van der Waals surface area (Å²) in [6.07, 6.45) is 1.96. The highest BCUT2D eigenvalue weighted by Gasteiger charge is 2.13. The lowest BCUT2D eigenvalue weighted by Crippen LogP contribution is -2.30. The maximum atomic E-state index is 12.0. The first-order valence-corrected chi connectivity index (χ1v) is 6.02. The van der Waals surface area contributed by atoms with Gasteiger partial charge in [-0.3, -0.25) is 4.79 Å². The van der Waals surface area contributed by atoms with Crippen LogP contribution in [-0.4, -0.2) is 17.7 Å². The molecule has 16 heavy (non-hydrogen) atoms. The van der Waals surface area contributed by atoms with Crippen molar-refractivity contribution >= 4 is 5.82 Å². The molecule has 0 atom stereocenters. The van der Waals surface area contributed by atoms with Crippen LogP contribution >= 0.6 is 0 Å². The standard InChI is InChI=1S/C13H22N2O/c1-6-14(7-2)13-11(5)12(16)10(4)9-15(13)8-3/h9H,6-8H2,1-5H3. The van der Waals surface area contributed by atoms with Crippen LogP contribution in [0.15, 0.2) is 11.0 Å². The van der Waals surface area contributed by atoms with Crippen molar-refractivity contribution in [1.82, 2.24) is 4.57 Å². The molecule has 0 amide bonds. The summed E-state index contributed by atoms with van der Waals surface area (Å²) in [6.45, 7) is 12.9. The quantitative estimate of drug-likeness (QED) is 0.781. The lowest BCUT2D eigenvalue weighted by atomic mass is 10.2. The zero-order chi connectivity index (χ0) is 12.3. The fourth-order valence-corrected chi connectivity index (χ4v) is 2.15. The van der Waals surface area contributed by atoms with E-state index in [1.807, 2.05) is 20.0 Å². The predicted octanol–water partition coefficient (Wildman–Crippen LogP) is 2.33. The monoisotopic (exact) mass is 222 g/mol. The predicted molar refractivity (Wildman–Crippen MR) is 69.4 cm³/mol. The highest BCUT2D eigenvalue weighted by molar-refractivity contribution is 5.48. The SMILES string of the molecule is CCN(CC)c1c(C)c(=O)c(C)cn1CC. The molecule has 90 valence electrons. The second-order valence-corrected chi connectivity index (χ2v) is 4.05. The Morgan fingerprint density at radius 1 is 1.19 bits per heavy atom. The van der Waals surface area contributed by atoms with E-state index in [0.29, 0.717) is 0 Å². The fraction of sp³-hybridized carbons (Fsp3) is 0.615. The fourth-order valence-electron chi connectivity index (χ4n) is 2.15. The molecule has 3 nitrogen and oxygen atoms in total. The molecule has 1 heterocycles. The molecule has 0 aliphatic rings. The largest absolute Gasteiger partial charge is 0.358 e. The van der Waals surface area contributed by atoms with Crippen LogP contribution in [0.3, 0.4) is 0 Å². The minimum atomic E-state index is 0.173. The van der Waals surface area contributed by atoms with Gasteiger partial charge in [0.05, 0.1) is 0 Å². The number of hydrogen-bond acceptors (Lipinski definition) is 2. The number of aryl methyl sites for hydroxylation is 2. The molecular weight excluding hydrogens is 200 g/mol. The van der Waals surface area contributed by atoms with Gasteiger partial charge in [-0.2, -0.15) is 0 Å². The van der Waals surface area contributed by atoms with E-state index >= 15 is 0 Å². The topological polar surface area (TPSA) is 25.2 Å². The molecule has 1 aromatic heterocycles. The molecule has 0 fully saturated rings. The van der Waals surface area contributed by atoms with Gasteiger partial charge in [-0.1, -0.05) is 0 Å². The van der Waals surface area contributed by atoms with Crippen LogP contribution in [0, 0.1) is 13.8 Å². The third kappa shape index (κ3) is 2.13. The summed E-state index contributed by atoms with van der Waals surface area (Å²) in [5, 5.41) is 0. The highest BCUT2D eigenvalue weighted by Crippen LogP contribution is 2.17. The Morgan fingerprint density at radius 3 is 2.19 bits per heavy atom. The van der Waals surface area contributed by atoms with Gasteiger partial charge in [-0.15, -0.1) is 0 Å². The maximum Gasteiger partial charge on any atom is 0.189 e. The first-order valence-electron chi connectivity index (χ1n) is 6.02. The molecule has 0 aromatic carbocycles. The average molecular weight is 222 g/mol. The third-order valence-electron chi connectivity index (χ3n) is 3.06. The van der Waals surface area contributed by atoms with Crippen molar-refractivity contribution < 1.29 is 0 Å². The second-order valence-electron chi connectivity index (χ2n) is 4.05. The first-order chi connectivity index (χ1) is 7.56. The molecule has 0 spiro atoms. The van der Waals surface area contributed by atoms with Crippen molar-refractivity contribution in [1.29, 1.82) is 0 Å². The van der Waals surface area contributed by atoms with Crippen LogP contribution in [0.5, 0.6) is 0 Å². The number of rotatable bonds is 4. The molecule has 0 saturated heterocycles. The van der Waals surface area contributed by atoms with E-state index < -0.39 is 0 Å². The summed E-state index contributed by atoms with van der Waals surface area (Å²) in [5.41, 5.74) is 1.87. The Bertz CT molecular complexity index is 417. The Labute approximate surface area is 97.7 Å². The van der Waals surface area contributed by atoms with E-state index in [9.17, 15) is 4.79 Å². The highest BCUT2D eigenvalue weighted by atomic mass is 16.1. The van der Waals surface area contributed by atoms with Crippen molar-refractivity contribution in [3.63, 3.8) is 0 Å². The lowest BCUT2D eigenvalue weighted by molar-refractivity contribution is 0.701. The summed E-state index contributed by atoms with van der Waals surface area (Å²) in [6, 6.07) is 0. The molecule has 0 aliphatic carbocycles. The van der Waals surface area contributed by atoms with Gasteiger partial charge >= 0.3 is 0 Å². The van der Waals surface area contributed by atoms with Crippen LogP contribution in [0.2, 0.25) is 0 Å². The van der Waals surface area contributed by atoms with E-state index in [1.165, 1.54) is 0 Å². The maximum absolute atomic E-state index is 12.0. The first kappa shape index (κ1) is 12.8. The summed E-state index contributed by atoms with van der Waals surface area (Å²) < 4.78 is 2.17. The molecule has 0 bridgehead atoms. The molecule has 0 saturated carbocycles. The van der Waals surface area contributed by atoms with Crippen molar-refractivity contribution in [3.8, 4) is 0 Å². The molecule has 0 unspecified atom stereocenters. The minimum absolute atomic E-state index is 0.173. The zero-order valence-electron chi connectivity index (χ0n) is 11.0. The van der Waals surface area contributed by atoms with Crippen LogP contribution < -0.4 is 10.3 Å². The van der Waals surface area contributed by atoms with Gasteiger partial charge in [0.25, 0.3) is 0 Å².